The van der Waals surface area contributed by atoms with Crippen LogP contribution in [0.1, 0.15) is 28.8 Å². The van der Waals surface area contributed by atoms with Crippen molar-refractivity contribution in [2.45, 2.75) is 30.4 Å². The number of carbonyl (C=O) groups excluding carboxylic acids is 1. The molecule has 0 aliphatic carbocycles. The number of amides is 1. The topological polar surface area (TPSA) is 103 Å². The number of ether oxygens (including phenoxy) is 3. The van der Waals surface area contributed by atoms with Crippen molar-refractivity contribution in [1.82, 2.24) is 10.0 Å². The molecule has 1 atom stereocenters. The molecular formula is C20H22N2O6S. The molecule has 0 aromatic heterocycles. The number of hydrogen-bond donors (Lipinski definition) is 2. The highest BCUT2D eigenvalue weighted by Gasteiger charge is 2.20. The van der Waals surface area contributed by atoms with Crippen molar-refractivity contribution < 1.29 is 27.4 Å². The van der Waals surface area contributed by atoms with Crippen molar-refractivity contribution >= 4 is 15.9 Å². The number of fused-ring (bicyclic) bond motifs is 1. The summed E-state index contributed by atoms with van der Waals surface area (Å²) in [7, 11) is -3.64. The first-order valence-corrected chi connectivity index (χ1v) is 10.9. The Morgan fingerprint density at radius 2 is 1.86 bits per heavy atom. The number of nitrogens with one attached hydrogen (secondary N) is 2. The molecule has 8 nitrogen and oxygen atoms in total. The summed E-state index contributed by atoms with van der Waals surface area (Å²) >= 11 is 0. The van der Waals surface area contributed by atoms with Gasteiger partial charge in [0, 0.05) is 25.3 Å². The number of hydrogen-bond acceptors (Lipinski definition) is 6. The van der Waals surface area contributed by atoms with Gasteiger partial charge in [0.15, 0.2) is 11.5 Å². The molecule has 2 aliphatic rings. The minimum absolute atomic E-state index is 0.0778. The van der Waals surface area contributed by atoms with Crippen LogP contribution in [0.4, 0.5) is 0 Å². The summed E-state index contributed by atoms with van der Waals surface area (Å²) in [4.78, 5) is 12.5. The fraction of sp³-hybridized carbons (Fsp3) is 0.350. The van der Waals surface area contributed by atoms with E-state index in [9.17, 15) is 13.2 Å². The van der Waals surface area contributed by atoms with Crippen LogP contribution >= 0.6 is 0 Å². The maximum atomic E-state index is 12.4. The Balaban J connectivity index is 1.33. The Bertz CT molecular complexity index is 985. The summed E-state index contributed by atoms with van der Waals surface area (Å²) in [5.41, 5.74) is 1.25. The SMILES string of the molecule is O=C(NCc1ccc2c(c1)OCO2)c1ccc(S(=O)(=O)NC[C@@H]2CCCO2)cc1. The zero-order valence-electron chi connectivity index (χ0n) is 15.7. The Morgan fingerprint density at radius 3 is 2.62 bits per heavy atom. The second kappa shape index (κ2) is 8.40. The van der Waals surface area contributed by atoms with E-state index in [1.165, 1.54) is 24.3 Å². The predicted octanol–water partition coefficient (Wildman–Crippen LogP) is 1.80. The minimum Gasteiger partial charge on any atom is -0.454 e. The molecule has 9 heteroatoms. The first-order valence-electron chi connectivity index (χ1n) is 9.39. The van der Waals surface area contributed by atoms with E-state index in [4.69, 9.17) is 14.2 Å². The molecule has 2 aromatic carbocycles. The van der Waals surface area contributed by atoms with Crippen LogP contribution in [0, 0.1) is 0 Å². The molecular weight excluding hydrogens is 396 g/mol. The lowest BCUT2D eigenvalue weighted by atomic mass is 10.2. The van der Waals surface area contributed by atoms with Gasteiger partial charge < -0.3 is 19.5 Å². The van der Waals surface area contributed by atoms with Crippen molar-refractivity contribution in [3.05, 3.63) is 53.6 Å². The molecule has 2 heterocycles. The molecule has 1 amide bonds. The molecule has 0 saturated carbocycles. The maximum Gasteiger partial charge on any atom is 0.251 e. The van der Waals surface area contributed by atoms with Gasteiger partial charge in [0.2, 0.25) is 16.8 Å². The molecule has 0 bridgehead atoms. The van der Waals surface area contributed by atoms with Crippen LogP contribution in [0.3, 0.4) is 0 Å². The highest BCUT2D eigenvalue weighted by atomic mass is 32.2. The fourth-order valence-corrected chi connectivity index (χ4v) is 4.28. The van der Waals surface area contributed by atoms with Crippen molar-refractivity contribution in [2.24, 2.45) is 0 Å². The molecule has 0 spiro atoms. The number of sulfonamides is 1. The number of benzene rings is 2. The number of rotatable bonds is 7. The van der Waals surface area contributed by atoms with E-state index in [-0.39, 0.29) is 30.2 Å². The van der Waals surface area contributed by atoms with Crippen LogP contribution in [-0.2, 0) is 21.3 Å². The largest absolute Gasteiger partial charge is 0.454 e. The van der Waals surface area contributed by atoms with Crippen molar-refractivity contribution in [3.63, 3.8) is 0 Å². The van der Waals surface area contributed by atoms with Crippen molar-refractivity contribution in [3.8, 4) is 11.5 Å². The Hall–Kier alpha value is -2.62. The van der Waals surface area contributed by atoms with E-state index in [0.717, 1.165) is 18.4 Å². The van der Waals surface area contributed by atoms with Gasteiger partial charge in [0.25, 0.3) is 5.91 Å². The van der Waals surface area contributed by atoms with Gasteiger partial charge in [-0.1, -0.05) is 6.07 Å². The first kappa shape index (κ1) is 19.7. The van der Waals surface area contributed by atoms with Crippen molar-refractivity contribution in [2.75, 3.05) is 19.9 Å². The van der Waals surface area contributed by atoms with E-state index in [1.807, 2.05) is 12.1 Å². The maximum absolute atomic E-state index is 12.4. The van der Waals surface area contributed by atoms with E-state index in [1.54, 1.807) is 6.07 Å². The highest BCUT2D eigenvalue weighted by Crippen LogP contribution is 2.32. The lowest BCUT2D eigenvalue weighted by Gasteiger charge is -2.12. The van der Waals surface area contributed by atoms with Crippen LogP contribution in [0.15, 0.2) is 47.4 Å². The lowest BCUT2D eigenvalue weighted by molar-refractivity contribution is 0.0950. The van der Waals surface area contributed by atoms with Gasteiger partial charge in [-0.15, -0.1) is 0 Å². The van der Waals surface area contributed by atoms with Gasteiger partial charge in [-0.25, -0.2) is 13.1 Å². The van der Waals surface area contributed by atoms with Crippen LogP contribution < -0.4 is 19.5 Å². The molecule has 29 heavy (non-hydrogen) atoms. The van der Waals surface area contributed by atoms with E-state index < -0.39 is 10.0 Å². The van der Waals surface area contributed by atoms with Gasteiger partial charge in [-0.2, -0.15) is 0 Å². The normalized spacial score (nSPS) is 18.0. The number of carbonyl (C=O) groups is 1. The quantitative estimate of drug-likeness (QED) is 0.711. The van der Waals surface area contributed by atoms with E-state index in [2.05, 4.69) is 10.0 Å². The smallest absolute Gasteiger partial charge is 0.251 e. The van der Waals surface area contributed by atoms with Crippen LogP contribution in [0.25, 0.3) is 0 Å². The Labute approximate surface area is 169 Å². The zero-order chi connectivity index (χ0) is 20.3. The Kier molecular flexibility index (Phi) is 5.70. The van der Waals surface area contributed by atoms with Gasteiger partial charge in [0.05, 0.1) is 11.0 Å². The monoisotopic (exact) mass is 418 g/mol. The van der Waals surface area contributed by atoms with Crippen LogP contribution in [0.5, 0.6) is 11.5 Å². The van der Waals surface area contributed by atoms with Gasteiger partial charge >= 0.3 is 0 Å². The zero-order valence-corrected chi connectivity index (χ0v) is 16.5. The molecule has 0 radical (unpaired) electrons. The molecule has 1 fully saturated rings. The van der Waals surface area contributed by atoms with Gasteiger partial charge in [-0.05, 0) is 54.8 Å². The third-order valence-electron chi connectivity index (χ3n) is 4.84. The highest BCUT2D eigenvalue weighted by molar-refractivity contribution is 7.89. The van der Waals surface area contributed by atoms with Crippen LogP contribution in [0.2, 0.25) is 0 Å². The summed E-state index contributed by atoms with van der Waals surface area (Å²) in [6.07, 6.45) is 1.72. The third-order valence-corrected chi connectivity index (χ3v) is 6.28. The third kappa shape index (κ3) is 4.69. The second-order valence-electron chi connectivity index (χ2n) is 6.88. The molecule has 2 aliphatic heterocycles. The second-order valence-corrected chi connectivity index (χ2v) is 8.65. The predicted molar refractivity (Wildman–Crippen MR) is 104 cm³/mol. The van der Waals surface area contributed by atoms with Gasteiger partial charge in [-0.3, -0.25) is 4.79 Å². The first-order chi connectivity index (χ1) is 14.0. The summed E-state index contributed by atoms with van der Waals surface area (Å²) in [6, 6.07) is 11.3. The minimum atomic E-state index is -3.64. The van der Waals surface area contributed by atoms with Crippen molar-refractivity contribution in [1.29, 1.82) is 0 Å². The van der Waals surface area contributed by atoms with E-state index >= 15 is 0 Å². The summed E-state index contributed by atoms with van der Waals surface area (Å²) < 4.78 is 43.3. The summed E-state index contributed by atoms with van der Waals surface area (Å²) in [5.74, 6) is 1.05. The molecule has 2 N–H and O–H groups in total. The summed E-state index contributed by atoms with van der Waals surface area (Å²) in [5, 5.41) is 2.81. The summed E-state index contributed by atoms with van der Waals surface area (Å²) in [6.45, 7) is 1.43. The van der Waals surface area contributed by atoms with Crippen LogP contribution in [-0.4, -0.2) is 40.4 Å². The standard InChI is InChI=1S/C20H22N2O6S/c23-20(21-11-14-3-8-18-19(10-14)28-13-27-18)15-4-6-17(7-5-15)29(24,25)22-12-16-2-1-9-26-16/h3-8,10,16,22H,1-2,9,11-13H2,(H,21,23)/t16-/m0/s1. The Morgan fingerprint density at radius 1 is 1.07 bits per heavy atom. The lowest BCUT2D eigenvalue weighted by Crippen LogP contribution is -2.31. The fourth-order valence-electron chi connectivity index (χ4n) is 3.21. The molecule has 4 rings (SSSR count). The average molecular weight is 418 g/mol. The molecule has 2 aromatic rings. The molecule has 154 valence electrons. The van der Waals surface area contributed by atoms with E-state index in [0.29, 0.717) is 30.2 Å². The molecule has 1 saturated heterocycles. The molecule has 0 unspecified atom stereocenters. The van der Waals surface area contributed by atoms with Gasteiger partial charge in [0.1, 0.15) is 0 Å². The average Bonchev–Trinajstić information content (AvgIpc) is 3.42.